The summed E-state index contributed by atoms with van der Waals surface area (Å²) in [5, 5.41) is 13.8. The van der Waals surface area contributed by atoms with Crippen LogP contribution in [0.25, 0.3) is 10.9 Å². The number of aromatic nitrogens is 4. The van der Waals surface area contributed by atoms with Gasteiger partial charge in [-0.1, -0.05) is 13.0 Å². The number of amides is 2. The van der Waals surface area contributed by atoms with Crippen LogP contribution in [0.5, 0.6) is 5.75 Å². The van der Waals surface area contributed by atoms with E-state index in [4.69, 9.17) is 15.6 Å². The molecule has 210 valence electrons. The smallest absolute Gasteiger partial charge is 0.248 e. The van der Waals surface area contributed by atoms with E-state index < -0.39 is 24.1 Å². The van der Waals surface area contributed by atoms with Crippen molar-refractivity contribution in [2.75, 3.05) is 31.2 Å². The number of carbonyl (C=O) groups is 2. The summed E-state index contributed by atoms with van der Waals surface area (Å²) in [5.41, 5.74) is 5.96. The SMILES string of the molecule is CCCN(CCCOc1ccc2c(N(c3cnn(CC(N)=O)c3)c3cccc(F)c3F)ncnc2c1)C(=O)CO. The van der Waals surface area contributed by atoms with Gasteiger partial charge < -0.3 is 20.5 Å². The first kappa shape index (κ1) is 28.4. The van der Waals surface area contributed by atoms with Crippen molar-refractivity contribution in [3.63, 3.8) is 0 Å². The summed E-state index contributed by atoms with van der Waals surface area (Å²) in [6.07, 6.45) is 5.50. The van der Waals surface area contributed by atoms with Crippen molar-refractivity contribution < 1.29 is 28.2 Å². The van der Waals surface area contributed by atoms with Crippen molar-refractivity contribution in [2.45, 2.75) is 26.3 Å². The topological polar surface area (TPSA) is 140 Å². The molecular weight excluding hydrogens is 524 g/mol. The number of aliphatic hydroxyl groups is 1. The minimum absolute atomic E-state index is 0.118. The highest BCUT2D eigenvalue weighted by Crippen LogP contribution is 2.39. The molecule has 2 heterocycles. The number of benzene rings is 2. The zero-order valence-electron chi connectivity index (χ0n) is 21.8. The molecule has 0 saturated carbocycles. The molecule has 2 aromatic heterocycles. The molecular formula is C27H29F2N7O4. The third kappa shape index (κ3) is 6.49. The lowest BCUT2D eigenvalue weighted by Gasteiger charge is -2.24. The molecule has 0 aliphatic heterocycles. The number of halogens is 2. The maximum atomic E-state index is 15.0. The summed E-state index contributed by atoms with van der Waals surface area (Å²) in [6.45, 7) is 2.55. The fourth-order valence-electron chi connectivity index (χ4n) is 4.22. The zero-order valence-corrected chi connectivity index (χ0v) is 21.8. The molecule has 0 aliphatic carbocycles. The molecule has 0 bridgehead atoms. The molecule has 11 nitrogen and oxygen atoms in total. The van der Waals surface area contributed by atoms with Crippen LogP contribution in [-0.2, 0) is 16.1 Å². The number of nitrogens with zero attached hydrogens (tertiary/aromatic N) is 6. The Bertz CT molecular complexity index is 1500. The van der Waals surface area contributed by atoms with Gasteiger partial charge >= 0.3 is 0 Å². The molecule has 0 unspecified atom stereocenters. The Kier molecular flexibility index (Phi) is 9.17. The predicted molar refractivity (Wildman–Crippen MR) is 143 cm³/mol. The molecule has 4 aromatic rings. The van der Waals surface area contributed by atoms with Crippen molar-refractivity contribution in [3.05, 3.63) is 66.8 Å². The van der Waals surface area contributed by atoms with E-state index in [9.17, 15) is 14.0 Å². The van der Waals surface area contributed by atoms with Gasteiger partial charge in [-0.05, 0) is 37.1 Å². The fraction of sp³-hybridized carbons (Fsp3) is 0.296. The van der Waals surface area contributed by atoms with E-state index in [1.807, 2.05) is 6.92 Å². The number of fused-ring (bicyclic) bond motifs is 1. The Morgan fingerprint density at radius 3 is 2.73 bits per heavy atom. The first-order valence-corrected chi connectivity index (χ1v) is 12.6. The van der Waals surface area contributed by atoms with Crippen LogP contribution in [0.3, 0.4) is 0 Å². The Labute approximate surface area is 228 Å². The van der Waals surface area contributed by atoms with Crippen LogP contribution in [0.4, 0.5) is 26.0 Å². The largest absolute Gasteiger partial charge is 0.493 e. The van der Waals surface area contributed by atoms with Gasteiger partial charge in [0.1, 0.15) is 31.0 Å². The maximum absolute atomic E-state index is 15.0. The molecule has 0 saturated heterocycles. The first-order valence-electron chi connectivity index (χ1n) is 12.6. The molecule has 0 radical (unpaired) electrons. The minimum atomic E-state index is -1.09. The van der Waals surface area contributed by atoms with Gasteiger partial charge in [0.2, 0.25) is 11.8 Å². The van der Waals surface area contributed by atoms with E-state index in [2.05, 4.69) is 15.1 Å². The summed E-state index contributed by atoms with van der Waals surface area (Å²) in [6, 6.07) is 8.89. The molecule has 0 spiro atoms. The Morgan fingerprint density at radius 1 is 1.15 bits per heavy atom. The first-order chi connectivity index (χ1) is 19.3. The van der Waals surface area contributed by atoms with Crippen LogP contribution in [0, 0.1) is 11.6 Å². The number of ether oxygens (including phenoxy) is 1. The molecule has 0 aliphatic rings. The monoisotopic (exact) mass is 553 g/mol. The van der Waals surface area contributed by atoms with E-state index >= 15 is 4.39 Å². The van der Waals surface area contributed by atoms with Crippen LogP contribution in [0.1, 0.15) is 19.8 Å². The number of hydrogen-bond acceptors (Lipinski definition) is 8. The lowest BCUT2D eigenvalue weighted by molar-refractivity contribution is -0.134. The fourth-order valence-corrected chi connectivity index (χ4v) is 4.22. The Balaban J connectivity index is 1.62. The minimum Gasteiger partial charge on any atom is -0.493 e. The lowest BCUT2D eigenvalue weighted by atomic mass is 10.2. The highest BCUT2D eigenvalue weighted by atomic mass is 19.2. The van der Waals surface area contributed by atoms with Crippen LogP contribution < -0.4 is 15.4 Å². The number of anilines is 3. The van der Waals surface area contributed by atoms with Gasteiger partial charge in [0.15, 0.2) is 11.6 Å². The number of hydrogen-bond donors (Lipinski definition) is 2. The van der Waals surface area contributed by atoms with Gasteiger partial charge in [0.25, 0.3) is 0 Å². The van der Waals surface area contributed by atoms with Gasteiger partial charge in [-0.25, -0.2) is 18.7 Å². The highest BCUT2D eigenvalue weighted by molar-refractivity contribution is 5.95. The third-order valence-electron chi connectivity index (χ3n) is 5.99. The zero-order chi connectivity index (χ0) is 28.6. The second-order valence-corrected chi connectivity index (χ2v) is 8.89. The van der Waals surface area contributed by atoms with Crippen molar-refractivity contribution in [1.29, 1.82) is 0 Å². The number of nitrogens with two attached hydrogens (primary N) is 1. The predicted octanol–water partition coefficient (Wildman–Crippen LogP) is 3.06. The molecule has 2 amide bonds. The second-order valence-electron chi connectivity index (χ2n) is 8.89. The summed E-state index contributed by atoms with van der Waals surface area (Å²) < 4.78 is 36.4. The summed E-state index contributed by atoms with van der Waals surface area (Å²) in [5.74, 6) is -2.30. The molecule has 4 rings (SSSR count). The van der Waals surface area contributed by atoms with Crippen LogP contribution in [0.2, 0.25) is 0 Å². The van der Waals surface area contributed by atoms with Crippen molar-refractivity contribution in [1.82, 2.24) is 24.6 Å². The molecule has 13 heteroatoms. The maximum Gasteiger partial charge on any atom is 0.248 e. The van der Waals surface area contributed by atoms with Gasteiger partial charge in [-0.2, -0.15) is 5.10 Å². The van der Waals surface area contributed by atoms with E-state index in [0.717, 1.165) is 12.5 Å². The average molecular weight is 554 g/mol. The number of primary amides is 1. The van der Waals surface area contributed by atoms with E-state index in [0.29, 0.717) is 48.5 Å². The standard InChI is InChI=1S/C27H29F2N7O4/c1-2-9-34(25(39)16-37)10-4-11-40-19-7-8-20-22(12-19)31-17-32-27(20)36(23-6-3-5-21(28)26(23)29)18-13-33-35(14-18)15-24(30)38/h3,5-8,12-14,17,37H,2,4,9-11,15-16H2,1H3,(H2,30,38). The van der Waals surface area contributed by atoms with Crippen LogP contribution in [-0.4, -0.2) is 67.9 Å². The van der Waals surface area contributed by atoms with Crippen LogP contribution in [0.15, 0.2) is 55.1 Å². The van der Waals surface area contributed by atoms with Gasteiger partial charge in [0.05, 0.1) is 29.7 Å². The summed E-state index contributed by atoms with van der Waals surface area (Å²) >= 11 is 0. The van der Waals surface area contributed by atoms with Crippen LogP contribution >= 0.6 is 0 Å². The number of aliphatic hydroxyl groups excluding tert-OH is 1. The number of carbonyl (C=O) groups excluding carboxylic acids is 2. The molecule has 40 heavy (non-hydrogen) atoms. The molecule has 3 N–H and O–H groups in total. The van der Waals surface area contributed by atoms with E-state index in [-0.39, 0.29) is 24.0 Å². The quantitative estimate of drug-likeness (QED) is 0.241. The second kappa shape index (κ2) is 12.9. The average Bonchev–Trinajstić information content (AvgIpc) is 3.39. The normalized spacial score (nSPS) is 11.0. The van der Waals surface area contributed by atoms with Gasteiger partial charge in [0, 0.05) is 30.7 Å². The molecule has 0 fully saturated rings. The van der Waals surface area contributed by atoms with Crippen molar-refractivity contribution in [2.24, 2.45) is 5.73 Å². The third-order valence-corrected chi connectivity index (χ3v) is 5.99. The number of rotatable bonds is 13. The Hall–Kier alpha value is -4.65. The lowest BCUT2D eigenvalue weighted by Crippen LogP contribution is -2.35. The van der Waals surface area contributed by atoms with Gasteiger partial charge in [-0.3, -0.25) is 19.2 Å². The van der Waals surface area contributed by atoms with E-state index in [1.54, 1.807) is 23.1 Å². The molecule has 2 aromatic carbocycles. The van der Waals surface area contributed by atoms with Crippen molar-refractivity contribution in [3.8, 4) is 5.75 Å². The summed E-state index contributed by atoms with van der Waals surface area (Å²) in [7, 11) is 0. The van der Waals surface area contributed by atoms with E-state index in [1.165, 1.54) is 40.4 Å². The van der Waals surface area contributed by atoms with Gasteiger partial charge in [-0.15, -0.1) is 0 Å². The van der Waals surface area contributed by atoms with Crippen molar-refractivity contribution >= 4 is 39.9 Å². The summed E-state index contributed by atoms with van der Waals surface area (Å²) in [4.78, 5) is 34.9. The highest BCUT2D eigenvalue weighted by Gasteiger charge is 2.23. The Morgan fingerprint density at radius 2 is 1.98 bits per heavy atom. The molecule has 0 atom stereocenters.